The minimum Gasteiger partial charge on any atom is -0.480 e. The minimum absolute atomic E-state index is 0.309. The molecule has 0 bridgehead atoms. The second-order valence-corrected chi connectivity index (χ2v) is 7.53. The highest BCUT2D eigenvalue weighted by molar-refractivity contribution is 6.07. The number of aryl methyl sites for hydroxylation is 1. The Kier molecular flexibility index (Phi) is 6.74. The summed E-state index contributed by atoms with van der Waals surface area (Å²) in [6, 6.07) is 1.80. The van der Waals surface area contributed by atoms with E-state index in [1.807, 2.05) is 5.32 Å². The van der Waals surface area contributed by atoms with Gasteiger partial charge in [-0.1, -0.05) is 0 Å². The third kappa shape index (κ3) is 5.26. The lowest BCUT2D eigenvalue weighted by Gasteiger charge is -2.21. The molecule has 1 aromatic carbocycles. The zero-order valence-electron chi connectivity index (χ0n) is 18.5. The van der Waals surface area contributed by atoms with Gasteiger partial charge in [-0.15, -0.1) is 0 Å². The standard InChI is InChI=1S/C20H16F7N5O4/c1-7-15(16(31-30-7)20(25,26)27)29-17(34)10-4-11(21)9(5-13(10)36-8(2)19(22,23)24)12-6-14(33)32(3)18(35)28-12/h4-6,8H,1-3H3,(H,28,35)(H,29,34)(H,30,31). The van der Waals surface area contributed by atoms with E-state index >= 15 is 0 Å². The Labute approximate surface area is 195 Å². The molecule has 2 heterocycles. The van der Waals surface area contributed by atoms with Crippen LogP contribution in [0, 0.1) is 12.7 Å². The van der Waals surface area contributed by atoms with Gasteiger partial charge in [0.15, 0.2) is 11.8 Å². The molecule has 194 valence electrons. The molecule has 16 heteroatoms. The van der Waals surface area contributed by atoms with Crippen LogP contribution in [0.2, 0.25) is 0 Å². The van der Waals surface area contributed by atoms with Crippen molar-refractivity contribution in [1.29, 1.82) is 0 Å². The van der Waals surface area contributed by atoms with E-state index in [9.17, 15) is 45.1 Å². The fraction of sp³-hybridized carbons (Fsp3) is 0.300. The Morgan fingerprint density at radius 2 is 1.78 bits per heavy atom. The molecule has 1 amide bonds. The van der Waals surface area contributed by atoms with Crippen LogP contribution in [0.15, 0.2) is 27.8 Å². The molecule has 0 spiro atoms. The van der Waals surface area contributed by atoms with Crippen LogP contribution >= 0.6 is 0 Å². The summed E-state index contributed by atoms with van der Waals surface area (Å²) >= 11 is 0. The first kappa shape index (κ1) is 26.5. The number of hydrogen-bond acceptors (Lipinski definition) is 5. The molecule has 0 saturated heterocycles. The molecular formula is C20H16F7N5O4. The van der Waals surface area contributed by atoms with Crippen molar-refractivity contribution < 1.29 is 40.3 Å². The first-order chi connectivity index (χ1) is 16.5. The predicted molar refractivity (Wildman–Crippen MR) is 110 cm³/mol. The Hall–Kier alpha value is -4.11. The lowest BCUT2D eigenvalue weighted by molar-refractivity contribution is -0.189. The van der Waals surface area contributed by atoms with Crippen LogP contribution in [0.1, 0.15) is 28.7 Å². The minimum atomic E-state index is -4.98. The summed E-state index contributed by atoms with van der Waals surface area (Å²) in [4.78, 5) is 38.7. The van der Waals surface area contributed by atoms with E-state index in [1.54, 1.807) is 5.10 Å². The van der Waals surface area contributed by atoms with Crippen LogP contribution in [0.25, 0.3) is 11.3 Å². The molecule has 2 aromatic heterocycles. The van der Waals surface area contributed by atoms with Crippen LogP contribution in [0.5, 0.6) is 5.75 Å². The summed E-state index contributed by atoms with van der Waals surface area (Å²) in [6.07, 6.45) is -12.5. The number of halogens is 7. The number of carbonyl (C=O) groups excluding carboxylic acids is 1. The molecule has 9 nitrogen and oxygen atoms in total. The average molecular weight is 523 g/mol. The summed E-state index contributed by atoms with van der Waals surface area (Å²) in [5.74, 6) is -3.63. The third-order valence-electron chi connectivity index (χ3n) is 4.98. The number of aromatic amines is 2. The number of carbonyl (C=O) groups is 1. The third-order valence-corrected chi connectivity index (χ3v) is 4.98. The number of alkyl halides is 6. The van der Waals surface area contributed by atoms with Crippen LogP contribution in [-0.4, -0.2) is 37.9 Å². The Morgan fingerprint density at radius 3 is 2.33 bits per heavy atom. The zero-order valence-corrected chi connectivity index (χ0v) is 18.5. The number of H-pyrrole nitrogens is 2. The SMILES string of the molecule is Cc1n[nH]c(C(F)(F)F)c1NC(=O)c1cc(F)c(-c2cc(=O)n(C)c(=O)[nH]2)cc1OC(C)C(F)(F)F. The number of aromatic nitrogens is 4. The van der Waals surface area contributed by atoms with Gasteiger partial charge in [0.25, 0.3) is 11.5 Å². The van der Waals surface area contributed by atoms with Crippen LogP contribution in [0.3, 0.4) is 0 Å². The van der Waals surface area contributed by atoms with Gasteiger partial charge in [-0.05, 0) is 26.0 Å². The highest BCUT2D eigenvalue weighted by Gasteiger charge is 2.40. The second kappa shape index (κ2) is 9.16. The van der Waals surface area contributed by atoms with Crippen molar-refractivity contribution in [2.75, 3.05) is 5.32 Å². The number of benzene rings is 1. The maximum absolute atomic E-state index is 15.0. The maximum Gasteiger partial charge on any atom is 0.434 e. The topological polar surface area (TPSA) is 122 Å². The number of nitrogens with zero attached hydrogens (tertiary/aromatic N) is 2. The monoisotopic (exact) mass is 523 g/mol. The molecular weight excluding hydrogens is 507 g/mol. The van der Waals surface area contributed by atoms with E-state index in [0.29, 0.717) is 23.6 Å². The highest BCUT2D eigenvalue weighted by atomic mass is 19.4. The lowest BCUT2D eigenvalue weighted by Crippen LogP contribution is -2.32. The fourth-order valence-electron chi connectivity index (χ4n) is 2.96. The van der Waals surface area contributed by atoms with Crippen molar-refractivity contribution in [3.8, 4) is 17.0 Å². The van der Waals surface area contributed by atoms with Crippen LogP contribution in [-0.2, 0) is 13.2 Å². The van der Waals surface area contributed by atoms with Gasteiger partial charge in [0, 0.05) is 18.7 Å². The largest absolute Gasteiger partial charge is 0.480 e. The summed E-state index contributed by atoms with van der Waals surface area (Å²) in [5.41, 5.74) is -6.39. The predicted octanol–water partition coefficient (Wildman–Crippen LogP) is 3.51. The van der Waals surface area contributed by atoms with E-state index in [1.165, 1.54) is 0 Å². The molecule has 0 saturated carbocycles. The van der Waals surface area contributed by atoms with Gasteiger partial charge in [0.2, 0.25) is 0 Å². The maximum atomic E-state index is 15.0. The summed E-state index contributed by atoms with van der Waals surface area (Å²) in [6.45, 7) is 1.69. The molecule has 1 atom stereocenters. The summed E-state index contributed by atoms with van der Waals surface area (Å²) in [7, 11) is 1.11. The van der Waals surface area contributed by atoms with E-state index in [-0.39, 0.29) is 5.69 Å². The quantitative estimate of drug-likeness (QED) is 0.442. The van der Waals surface area contributed by atoms with Crippen molar-refractivity contribution in [2.24, 2.45) is 7.05 Å². The lowest BCUT2D eigenvalue weighted by atomic mass is 10.1. The van der Waals surface area contributed by atoms with Crippen molar-refractivity contribution in [3.63, 3.8) is 0 Å². The van der Waals surface area contributed by atoms with E-state index < -0.39 is 75.4 Å². The van der Waals surface area contributed by atoms with Crippen molar-refractivity contribution in [2.45, 2.75) is 32.3 Å². The van der Waals surface area contributed by atoms with E-state index in [0.717, 1.165) is 20.0 Å². The molecule has 1 unspecified atom stereocenters. The van der Waals surface area contributed by atoms with Crippen LogP contribution in [0.4, 0.5) is 36.4 Å². The molecule has 3 aromatic rings. The van der Waals surface area contributed by atoms with Gasteiger partial charge in [-0.25, -0.2) is 9.18 Å². The molecule has 0 radical (unpaired) electrons. The van der Waals surface area contributed by atoms with Crippen molar-refractivity contribution in [3.05, 3.63) is 61.8 Å². The number of hydrogen-bond donors (Lipinski definition) is 3. The molecule has 36 heavy (non-hydrogen) atoms. The molecule has 0 aliphatic heterocycles. The van der Waals surface area contributed by atoms with Gasteiger partial charge in [0.1, 0.15) is 11.6 Å². The van der Waals surface area contributed by atoms with Gasteiger partial charge in [0.05, 0.1) is 22.6 Å². The highest BCUT2D eigenvalue weighted by Crippen LogP contribution is 2.36. The first-order valence-electron chi connectivity index (χ1n) is 9.81. The average Bonchev–Trinajstić information content (AvgIpc) is 3.12. The smallest absolute Gasteiger partial charge is 0.434 e. The molecule has 3 rings (SSSR count). The molecule has 3 N–H and O–H groups in total. The molecule has 0 aliphatic carbocycles. The number of anilines is 1. The Morgan fingerprint density at radius 1 is 1.14 bits per heavy atom. The number of rotatable bonds is 5. The second-order valence-electron chi connectivity index (χ2n) is 7.53. The summed E-state index contributed by atoms with van der Waals surface area (Å²) < 4.78 is 99.4. The van der Waals surface area contributed by atoms with Crippen molar-refractivity contribution >= 4 is 11.6 Å². The van der Waals surface area contributed by atoms with Gasteiger partial charge in [-0.2, -0.15) is 31.4 Å². The van der Waals surface area contributed by atoms with Crippen molar-refractivity contribution in [1.82, 2.24) is 19.7 Å². The molecule has 0 aliphatic rings. The van der Waals surface area contributed by atoms with E-state index in [4.69, 9.17) is 4.74 Å². The Balaban J connectivity index is 2.15. The van der Waals surface area contributed by atoms with E-state index in [2.05, 4.69) is 10.1 Å². The summed E-state index contributed by atoms with van der Waals surface area (Å²) in [5, 5.41) is 6.89. The first-order valence-corrected chi connectivity index (χ1v) is 9.81. The zero-order chi connectivity index (χ0) is 27.2. The van der Waals surface area contributed by atoms with Gasteiger partial charge < -0.3 is 15.0 Å². The van der Waals surface area contributed by atoms with Gasteiger partial charge >= 0.3 is 18.0 Å². The Bertz CT molecular complexity index is 1400. The number of nitrogens with one attached hydrogen (secondary N) is 3. The normalized spacial score (nSPS) is 12.9. The number of amides is 1. The molecule has 0 fully saturated rings. The number of ether oxygens (including phenoxy) is 1. The van der Waals surface area contributed by atoms with Crippen LogP contribution < -0.4 is 21.3 Å². The van der Waals surface area contributed by atoms with Gasteiger partial charge in [-0.3, -0.25) is 19.3 Å². The fourth-order valence-corrected chi connectivity index (χ4v) is 2.96.